The summed E-state index contributed by atoms with van der Waals surface area (Å²) in [4.78, 5) is 21.3. The third-order valence-electron chi connectivity index (χ3n) is 3.81. The molecule has 0 aliphatic carbocycles. The van der Waals surface area contributed by atoms with E-state index in [1.807, 2.05) is 37.3 Å². The minimum absolute atomic E-state index is 0.165. The van der Waals surface area contributed by atoms with Gasteiger partial charge >= 0.3 is 0 Å². The van der Waals surface area contributed by atoms with E-state index in [9.17, 15) is 9.90 Å². The number of anilines is 1. The molecule has 0 fully saturated rings. The largest absolute Gasteiger partial charge is 0.508 e. The van der Waals surface area contributed by atoms with Gasteiger partial charge in [0, 0.05) is 5.56 Å². The number of amides is 1. The van der Waals surface area contributed by atoms with Crippen LogP contribution in [0.4, 0.5) is 5.82 Å². The van der Waals surface area contributed by atoms with Crippen LogP contribution in [-0.4, -0.2) is 21.0 Å². The van der Waals surface area contributed by atoms with Crippen LogP contribution in [0.1, 0.15) is 18.2 Å². The summed E-state index contributed by atoms with van der Waals surface area (Å²) < 4.78 is 0. The number of carbonyl (C=O) groups excluding carboxylic acids is 1. The number of aryl methyl sites for hydroxylation is 1. The number of benzene rings is 2. The van der Waals surface area contributed by atoms with Gasteiger partial charge in [0.1, 0.15) is 5.75 Å². The van der Waals surface area contributed by atoms with E-state index in [2.05, 4.69) is 15.3 Å². The van der Waals surface area contributed by atoms with Gasteiger partial charge in [-0.1, -0.05) is 49.4 Å². The first-order valence-corrected chi connectivity index (χ1v) is 8.15. The van der Waals surface area contributed by atoms with E-state index in [1.54, 1.807) is 30.5 Å². The molecular formula is C20H19N3O2. The zero-order valence-electron chi connectivity index (χ0n) is 13.9. The molecule has 0 atom stereocenters. The molecule has 0 radical (unpaired) electrons. The van der Waals surface area contributed by atoms with Gasteiger partial charge in [-0.25, -0.2) is 9.97 Å². The Hall–Kier alpha value is -3.21. The molecule has 0 spiro atoms. The zero-order valence-corrected chi connectivity index (χ0v) is 13.9. The molecule has 0 aliphatic rings. The van der Waals surface area contributed by atoms with Crippen molar-refractivity contribution in [2.45, 2.75) is 19.8 Å². The van der Waals surface area contributed by atoms with E-state index in [1.165, 1.54) is 0 Å². The van der Waals surface area contributed by atoms with Crippen LogP contribution in [-0.2, 0) is 17.6 Å². The molecule has 1 amide bonds. The molecule has 1 aromatic heterocycles. The lowest BCUT2D eigenvalue weighted by Crippen LogP contribution is -2.17. The second-order valence-electron chi connectivity index (χ2n) is 5.66. The van der Waals surface area contributed by atoms with Gasteiger partial charge in [-0.3, -0.25) is 4.79 Å². The third-order valence-corrected chi connectivity index (χ3v) is 3.81. The lowest BCUT2D eigenvalue weighted by Gasteiger charge is -2.10. The molecule has 0 bridgehead atoms. The fourth-order valence-electron chi connectivity index (χ4n) is 2.50. The number of phenolic OH excluding ortho intramolecular Hbond substituents is 1. The van der Waals surface area contributed by atoms with Crippen molar-refractivity contribution in [2.24, 2.45) is 0 Å². The van der Waals surface area contributed by atoms with Crippen molar-refractivity contribution in [3.8, 4) is 17.0 Å². The number of aromatic hydroxyl groups is 1. The number of hydrogen-bond acceptors (Lipinski definition) is 4. The molecule has 0 aliphatic heterocycles. The molecule has 0 saturated carbocycles. The number of nitrogens with one attached hydrogen (secondary N) is 1. The summed E-state index contributed by atoms with van der Waals surface area (Å²) in [6.45, 7) is 1.98. The summed E-state index contributed by atoms with van der Waals surface area (Å²) in [5.74, 6) is 0.507. The first kappa shape index (κ1) is 16.6. The molecule has 3 aromatic rings. The van der Waals surface area contributed by atoms with E-state index in [-0.39, 0.29) is 18.1 Å². The Balaban J connectivity index is 1.75. The molecule has 25 heavy (non-hydrogen) atoms. The molecule has 0 saturated heterocycles. The number of phenols is 1. The summed E-state index contributed by atoms with van der Waals surface area (Å²) in [5.41, 5.74) is 3.35. The Morgan fingerprint density at radius 2 is 1.80 bits per heavy atom. The molecule has 2 N–H and O–H groups in total. The van der Waals surface area contributed by atoms with Crippen LogP contribution in [0.3, 0.4) is 0 Å². The van der Waals surface area contributed by atoms with Crippen LogP contribution in [0.2, 0.25) is 0 Å². The molecule has 0 unspecified atom stereocenters. The second-order valence-corrected chi connectivity index (χ2v) is 5.66. The summed E-state index contributed by atoms with van der Waals surface area (Å²) in [6.07, 6.45) is 2.55. The Labute approximate surface area is 146 Å². The van der Waals surface area contributed by atoms with Gasteiger partial charge in [0.05, 0.1) is 24.0 Å². The van der Waals surface area contributed by atoms with Crippen LogP contribution in [0.25, 0.3) is 11.3 Å². The maximum Gasteiger partial charge on any atom is 0.229 e. The standard InChI is InChI=1S/C20H19N3O2/c1-2-17-20(21-13-18(22-17)15-6-4-3-5-7-15)23-19(25)12-14-8-10-16(24)11-9-14/h3-11,13,24H,2,12H2,1H3,(H,21,23,25). The van der Waals surface area contributed by atoms with Crippen molar-refractivity contribution in [3.05, 3.63) is 72.1 Å². The maximum absolute atomic E-state index is 12.2. The predicted octanol–water partition coefficient (Wildman–Crippen LogP) is 3.59. The van der Waals surface area contributed by atoms with Crippen LogP contribution in [0, 0.1) is 0 Å². The van der Waals surface area contributed by atoms with E-state index < -0.39 is 0 Å². The Bertz CT molecular complexity index is 862. The molecule has 5 nitrogen and oxygen atoms in total. The van der Waals surface area contributed by atoms with Crippen molar-refractivity contribution in [3.63, 3.8) is 0 Å². The smallest absolute Gasteiger partial charge is 0.229 e. The Morgan fingerprint density at radius 3 is 2.48 bits per heavy atom. The van der Waals surface area contributed by atoms with Gasteiger partial charge in [0.2, 0.25) is 5.91 Å². The van der Waals surface area contributed by atoms with E-state index in [0.29, 0.717) is 12.2 Å². The van der Waals surface area contributed by atoms with E-state index >= 15 is 0 Å². The molecule has 126 valence electrons. The minimum atomic E-state index is -0.165. The number of aromatic nitrogens is 2. The molecule has 2 aromatic carbocycles. The molecule has 5 heteroatoms. The quantitative estimate of drug-likeness (QED) is 0.748. The average molecular weight is 333 g/mol. The topological polar surface area (TPSA) is 75.1 Å². The molecule has 3 rings (SSSR count). The van der Waals surface area contributed by atoms with Gasteiger partial charge in [0.25, 0.3) is 0 Å². The van der Waals surface area contributed by atoms with E-state index in [4.69, 9.17) is 0 Å². The first-order valence-electron chi connectivity index (χ1n) is 8.15. The second kappa shape index (κ2) is 7.57. The number of rotatable bonds is 5. The van der Waals surface area contributed by atoms with Crippen molar-refractivity contribution < 1.29 is 9.90 Å². The minimum Gasteiger partial charge on any atom is -0.508 e. The average Bonchev–Trinajstić information content (AvgIpc) is 2.64. The van der Waals surface area contributed by atoms with Crippen molar-refractivity contribution in [1.82, 2.24) is 9.97 Å². The summed E-state index contributed by atoms with van der Waals surface area (Å²) in [6, 6.07) is 16.4. The molecule has 1 heterocycles. The highest BCUT2D eigenvalue weighted by molar-refractivity contribution is 5.92. The highest BCUT2D eigenvalue weighted by Crippen LogP contribution is 2.20. The number of hydrogen-bond donors (Lipinski definition) is 2. The van der Waals surface area contributed by atoms with Gasteiger partial charge < -0.3 is 10.4 Å². The van der Waals surface area contributed by atoms with Crippen LogP contribution < -0.4 is 5.32 Å². The SMILES string of the molecule is CCc1nc(-c2ccccc2)cnc1NC(=O)Cc1ccc(O)cc1. The first-order chi connectivity index (χ1) is 12.2. The summed E-state index contributed by atoms with van der Waals surface area (Å²) >= 11 is 0. The Morgan fingerprint density at radius 1 is 1.08 bits per heavy atom. The van der Waals surface area contributed by atoms with Gasteiger partial charge in [0.15, 0.2) is 5.82 Å². The predicted molar refractivity (Wildman–Crippen MR) is 97.3 cm³/mol. The van der Waals surface area contributed by atoms with Crippen molar-refractivity contribution >= 4 is 11.7 Å². The van der Waals surface area contributed by atoms with E-state index in [0.717, 1.165) is 22.5 Å². The number of carbonyl (C=O) groups is 1. The van der Waals surface area contributed by atoms with Gasteiger partial charge in [-0.15, -0.1) is 0 Å². The Kier molecular flexibility index (Phi) is 5.04. The zero-order chi connectivity index (χ0) is 17.6. The fourth-order valence-corrected chi connectivity index (χ4v) is 2.50. The summed E-state index contributed by atoms with van der Waals surface area (Å²) in [7, 11) is 0. The van der Waals surface area contributed by atoms with Crippen molar-refractivity contribution in [1.29, 1.82) is 0 Å². The van der Waals surface area contributed by atoms with Crippen LogP contribution >= 0.6 is 0 Å². The normalized spacial score (nSPS) is 10.4. The molecular weight excluding hydrogens is 314 g/mol. The van der Waals surface area contributed by atoms with Crippen molar-refractivity contribution in [2.75, 3.05) is 5.32 Å². The van der Waals surface area contributed by atoms with Crippen LogP contribution in [0.5, 0.6) is 5.75 Å². The fraction of sp³-hybridized carbons (Fsp3) is 0.150. The summed E-state index contributed by atoms with van der Waals surface area (Å²) in [5, 5.41) is 12.1. The highest BCUT2D eigenvalue weighted by atomic mass is 16.3. The monoisotopic (exact) mass is 333 g/mol. The third kappa shape index (κ3) is 4.20. The maximum atomic E-state index is 12.2. The lowest BCUT2D eigenvalue weighted by molar-refractivity contribution is -0.115. The van der Waals surface area contributed by atoms with Gasteiger partial charge in [-0.05, 0) is 24.1 Å². The number of nitrogens with zero attached hydrogens (tertiary/aromatic N) is 2. The lowest BCUT2D eigenvalue weighted by atomic mass is 10.1. The van der Waals surface area contributed by atoms with Crippen LogP contribution in [0.15, 0.2) is 60.8 Å². The highest BCUT2D eigenvalue weighted by Gasteiger charge is 2.11. The van der Waals surface area contributed by atoms with Gasteiger partial charge in [-0.2, -0.15) is 0 Å².